The molecule has 0 aliphatic heterocycles. The Kier molecular flexibility index (Phi) is 6.75. The highest BCUT2D eigenvalue weighted by Crippen LogP contribution is 2.25. The van der Waals surface area contributed by atoms with Crippen molar-refractivity contribution in [2.45, 2.75) is 40.0 Å². The summed E-state index contributed by atoms with van der Waals surface area (Å²) in [6.07, 6.45) is 0. The van der Waals surface area contributed by atoms with Crippen molar-refractivity contribution in [1.82, 2.24) is 5.32 Å². The van der Waals surface area contributed by atoms with Crippen molar-refractivity contribution < 1.29 is 9.72 Å². The molecule has 0 unspecified atom stereocenters. The van der Waals surface area contributed by atoms with E-state index >= 15 is 0 Å². The molecule has 1 amide bonds. The van der Waals surface area contributed by atoms with Crippen LogP contribution in [0, 0.1) is 10.1 Å². The zero-order chi connectivity index (χ0) is 15.1. The van der Waals surface area contributed by atoms with Crippen molar-refractivity contribution in [3.63, 3.8) is 0 Å². The van der Waals surface area contributed by atoms with Crippen molar-refractivity contribution in [2.24, 2.45) is 0 Å². The minimum absolute atomic E-state index is 0.0282. The summed E-state index contributed by atoms with van der Waals surface area (Å²) in [4.78, 5) is 21.9. The Hall–Kier alpha value is -1.91. The molecule has 0 atom stereocenters. The number of nitrogens with zero attached hydrogens (tertiary/aromatic N) is 1. The monoisotopic (exact) mass is 266 g/mol. The van der Waals surface area contributed by atoms with Crippen molar-refractivity contribution >= 4 is 11.6 Å². The Morgan fingerprint density at radius 3 is 2.11 bits per heavy atom. The lowest BCUT2D eigenvalue weighted by atomic mass is 9.83. The highest BCUT2D eigenvalue weighted by Gasteiger charge is 2.29. The van der Waals surface area contributed by atoms with Gasteiger partial charge in [0.1, 0.15) is 0 Å². The number of likely N-dealkylation sites (N-methyl/N-ethyl adjacent to an activating group) is 1. The number of non-ortho nitro benzene ring substituents is 1. The highest BCUT2D eigenvalue weighted by molar-refractivity contribution is 5.87. The predicted octanol–water partition coefficient (Wildman–Crippen LogP) is 3.03. The topological polar surface area (TPSA) is 72.2 Å². The summed E-state index contributed by atoms with van der Waals surface area (Å²) in [6, 6.07) is 6.06. The van der Waals surface area contributed by atoms with E-state index in [1.807, 2.05) is 20.8 Å². The quantitative estimate of drug-likeness (QED) is 0.672. The molecule has 0 bridgehead atoms. The molecular weight excluding hydrogens is 244 g/mol. The normalized spacial score (nSPS) is 10.2. The van der Waals surface area contributed by atoms with Gasteiger partial charge in [-0.2, -0.15) is 0 Å². The Balaban J connectivity index is 0.00000154. The predicted molar refractivity (Wildman–Crippen MR) is 76.2 cm³/mol. The molecule has 0 heterocycles. The van der Waals surface area contributed by atoms with E-state index in [1.165, 1.54) is 12.1 Å². The molecule has 19 heavy (non-hydrogen) atoms. The van der Waals surface area contributed by atoms with Gasteiger partial charge in [0.25, 0.3) is 5.69 Å². The number of amides is 1. The van der Waals surface area contributed by atoms with Crippen molar-refractivity contribution in [3.05, 3.63) is 39.9 Å². The summed E-state index contributed by atoms with van der Waals surface area (Å²) in [7, 11) is 0. The van der Waals surface area contributed by atoms with Crippen LogP contribution < -0.4 is 5.32 Å². The zero-order valence-corrected chi connectivity index (χ0v) is 12.2. The van der Waals surface area contributed by atoms with Gasteiger partial charge in [0.2, 0.25) is 5.91 Å². The molecule has 0 saturated heterocycles. The van der Waals surface area contributed by atoms with E-state index in [9.17, 15) is 14.9 Å². The summed E-state index contributed by atoms with van der Waals surface area (Å²) < 4.78 is 0. The lowest BCUT2D eigenvalue weighted by Gasteiger charge is -2.23. The van der Waals surface area contributed by atoms with Crippen LogP contribution in [0.2, 0.25) is 0 Å². The van der Waals surface area contributed by atoms with Gasteiger partial charge in [-0.15, -0.1) is 0 Å². The zero-order valence-electron chi connectivity index (χ0n) is 12.2. The number of carbonyl (C=O) groups excluding carboxylic acids is 1. The molecule has 1 aromatic rings. The standard InChI is InChI=1S/C12H16N2O3.C2H6/c1-4-13-11(15)12(2,3)9-5-7-10(8-6-9)14(16)17;1-2/h5-8H,4H2,1-3H3,(H,13,15);1-2H3. The van der Waals surface area contributed by atoms with Crippen LogP contribution in [0.4, 0.5) is 5.69 Å². The van der Waals surface area contributed by atoms with Crippen LogP contribution in [-0.2, 0) is 10.2 Å². The van der Waals surface area contributed by atoms with Gasteiger partial charge in [0.15, 0.2) is 0 Å². The largest absolute Gasteiger partial charge is 0.356 e. The average molecular weight is 266 g/mol. The molecule has 5 heteroatoms. The Morgan fingerprint density at radius 2 is 1.74 bits per heavy atom. The van der Waals surface area contributed by atoms with Crippen LogP contribution in [0.15, 0.2) is 24.3 Å². The van der Waals surface area contributed by atoms with Gasteiger partial charge in [-0.1, -0.05) is 26.0 Å². The molecule has 0 spiro atoms. The SMILES string of the molecule is CC.CCNC(=O)C(C)(C)c1ccc([N+](=O)[O-])cc1. The van der Waals surface area contributed by atoms with Crippen molar-refractivity contribution in [2.75, 3.05) is 6.54 Å². The summed E-state index contributed by atoms with van der Waals surface area (Å²) in [5.41, 5.74) is 0.0972. The van der Waals surface area contributed by atoms with Crippen LogP contribution >= 0.6 is 0 Å². The fourth-order valence-electron chi connectivity index (χ4n) is 1.51. The maximum absolute atomic E-state index is 11.8. The second kappa shape index (κ2) is 7.51. The van der Waals surface area contributed by atoms with E-state index in [-0.39, 0.29) is 11.6 Å². The third kappa shape index (κ3) is 4.35. The van der Waals surface area contributed by atoms with E-state index < -0.39 is 10.3 Å². The Morgan fingerprint density at radius 1 is 1.26 bits per heavy atom. The number of nitro benzene ring substituents is 1. The van der Waals surface area contributed by atoms with Gasteiger partial charge in [-0.3, -0.25) is 14.9 Å². The second-order valence-electron chi connectivity index (χ2n) is 4.29. The summed E-state index contributed by atoms with van der Waals surface area (Å²) in [5, 5.41) is 13.3. The number of rotatable bonds is 4. The maximum atomic E-state index is 11.8. The third-order valence-corrected chi connectivity index (χ3v) is 2.70. The van der Waals surface area contributed by atoms with Crippen LogP contribution in [0.3, 0.4) is 0 Å². The molecule has 0 aliphatic rings. The fraction of sp³-hybridized carbons (Fsp3) is 0.500. The number of benzene rings is 1. The van der Waals surface area contributed by atoms with Crippen LogP contribution in [-0.4, -0.2) is 17.4 Å². The first kappa shape index (κ1) is 17.1. The van der Waals surface area contributed by atoms with E-state index in [0.717, 1.165) is 5.56 Å². The van der Waals surface area contributed by atoms with E-state index in [4.69, 9.17) is 0 Å². The van der Waals surface area contributed by atoms with Crippen molar-refractivity contribution in [1.29, 1.82) is 0 Å². The molecule has 106 valence electrons. The molecule has 1 N–H and O–H groups in total. The van der Waals surface area contributed by atoms with E-state index in [2.05, 4.69) is 5.32 Å². The number of nitro groups is 1. The Bertz CT molecular complexity index is 425. The van der Waals surface area contributed by atoms with Gasteiger partial charge >= 0.3 is 0 Å². The first-order valence-electron chi connectivity index (χ1n) is 6.42. The lowest BCUT2D eigenvalue weighted by Crippen LogP contribution is -2.39. The molecule has 0 saturated carbocycles. The maximum Gasteiger partial charge on any atom is 0.269 e. The van der Waals surface area contributed by atoms with Gasteiger partial charge in [0, 0.05) is 18.7 Å². The molecule has 1 rings (SSSR count). The van der Waals surface area contributed by atoms with Crippen LogP contribution in [0.5, 0.6) is 0 Å². The summed E-state index contributed by atoms with van der Waals surface area (Å²) in [5.74, 6) is -0.0890. The summed E-state index contributed by atoms with van der Waals surface area (Å²) in [6.45, 7) is 10.00. The van der Waals surface area contributed by atoms with E-state index in [1.54, 1.807) is 26.0 Å². The lowest BCUT2D eigenvalue weighted by molar-refractivity contribution is -0.384. The van der Waals surface area contributed by atoms with Gasteiger partial charge in [0.05, 0.1) is 10.3 Å². The van der Waals surface area contributed by atoms with Gasteiger partial charge in [-0.05, 0) is 26.3 Å². The van der Waals surface area contributed by atoms with Gasteiger partial charge < -0.3 is 5.32 Å². The summed E-state index contributed by atoms with van der Waals surface area (Å²) >= 11 is 0. The highest BCUT2D eigenvalue weighted by atomic mass is 16.6. The number of hydrogen-bond donors (Lipinski definition) is 1. The number of carbonyl (C=O) groups is 1. The van der Waals surface area contributed by atoms with Crippen LogP contribution in [0.25, 0.3) is 0 Å². The molecule has 5 nitrogen and oxygen atoms in total. The smallest absolute Gasteiger partial charge is 0.269 e. The average Bonchev–Trinajstić information content (AvgIpc) is 2.41. The second-order valence-corrected chi connectivity index (χ2v) is 4.29. The molecule has 0 fully saturated rings. The minimum Gasteiger partial charge on any atom is -0.356 e. The molecule has 1 aromatic carbocycles. The minimum atomic E-state index is -0.689. The van der Waals surface area contributed by atoms with Gasteiger partial charge in [-0.25, -0.2) is 0 Å². The van der Waals surface area contributed by atoms with E-state index in [0.29, 0.717) is 6.54 Å². The van der Waals surface area contributed by atoms with Crippen LogP contribution in [0.1, 0.15) is 40.2 Å². The first-order chi connectivity index (χ1) is 8.89. The Labute approximate surface area is 114 Å². The molecular formula is C14H22N2O3. The molecule has 0 radical (unpaired) electrons. The molecule has 0 aliphatic carbocycles. The van der Waals surface area contributed by atoms with Crippen molar-refractivity contribution in [3.8, 4) is 0 Å². The third-order valence-electron chi connectivity index (χ3n) is 2.70. The number of hydrogen-bond acceptors (Lipinski definition) is 3. The molecule has 0 aromatic heterocycles. The fourth-order valence-corrected chi connectivity index (χ4v) is 1.51. The number of nitrogens with one attached hydrogen (secondary N) is 1. The first-order valence-corrected chi connectivity index (χ1v) is 6.42.